The number of halogens is 1. The van der Waals surface area contributed by atoms with Gasteiger partial charge in [-0.1, -0.05) is 23.7 Å². The van der Waals surface area contributed by atoms with Crippen LogP contribution in [0, 0.1) is 10.1 Å². The number of amides is 1. The number of rotatable bonds is 5. The Morgan fingerprint density at radius 3 is 2.67 bits per heavy atom. The molecule has 1 aromatic heterocycles. The minimum Gasteiger partial charge on any atom is -0.436 e. The van der Waals surface area contributed by atoms with Crippen LogP contribution < -0.4 is 5.32 Å². The molecule has 0 bridgehead atoms. The quantitative estimate of drug-likeness (QED) is 0.254. The van der Waals surface area contributed by atoms with Gasteiger partial charge >= 0.3 is 0 Å². The van der Waals surface area contributed by atoms with E-state index in [-0.39, 0.29) is 11.6 Å². The molecule has 0 aliphatic heterocycles. The van der Waals surface area contributed by atoms with Crippen LogP contribution in [0.4, 0.5) is 11.4 Å². The van der Waals surface area contributed by atoms with E-state index in [0.29, 0.717) is 33.3 Å². The molecule has 0 atom stereocenters. The number of nitrogens with zero attached hydrogens (tertiary/aromatic N) is 2. The first-order chi connectivity index (χ1) is 14.5. The van der Waals surface area contributed by atoms with Gasteiger partial charge in [0.2, 0.25) is 11.8 Å². The number of anilines is 1. The fraction of sp³-hybridized carbons (Fsp3) is 0. The molecular formula is C22H14ClN3O4. The van der Waals surface area contributed by atoms with E-state index in [1.54, 1.807) is 54.6 Å². The van der Waals surface area contributed by atoms with Crippen molar-refractivity contribution in [2.75, 3.05) is 5.32 Å². The molecule has 0 aliphatic carbocycles. The van der Waals surface area contributed by atoms with E-state index in [1.807, 2.05) is 0 Å². The Balaban J connectivity index is 1.44. The number of fused-ring (bicyclic) bond motifs is 1. The summed E-state index contributed by atoms with van der Waals surface area (Å²) >= 11 is 5.97. The van der Waals surface area contributed by atoms with Gasteiger partial charge in [0.25, 0.3) is 5.69 Å². The Morgan fingerprint density at radius 2 is 1.90 bits per heavy atom. The van der Waals surface area contributed by atoms with Crippen LogP contribution in [0.3, 0.4) is 0 Å². The smallest absolute Gasteiger partial charge is 0.270 e. The molecule has 3 aromatic carbocycles. The third-order valence-corrected chi connectivity index (χ3v) is 4.49. The number of carbonyl (C=O) groups is 1. The topological polar surface area (TPSA) is 98.3 Å². The van der Waals surface area contributed by atoms with Crippen LogP contribution >= 0.6 is 11.6 Å². The molecule has 0 spiro atoms. The van der Waals surface area contributed by atoms with Gasteiger partial charge in [-0.15, -0.1) is 0 Å². The van der Waals surface area contributed by atoms with Crippen molar-refractivity contribution in [1.82, 2.24) is 4.98 Å². The SMILES string of the molecule is O=C(/C=C/c1cccc([N+](=O)[O-])c1)Nc1ccc(-c2nc3cc(Cl)ccc3o2)cc1. The number of nitro benzene ring substituents is 1. The molecule has 0 fully saturated rings. The van der Waals surface area contributed by atoms with Crippen molar-refractivity contribution in [2.24, 2.45) is 0 Å². The summed E-state index contributed by atoms with van der Waals surface area (Å²) in [7, 11) is 0. The number of nitrogens with one attached hydrogen (secondary N) is 1. The monoisotopic (exact) mass is 419 g/mol. The number of benzene rings is 3. The molecule has 0 saturated heterocycles. The molecule has 0 radical (unpaired) electrons. The number of hydrogen-bond donors (Lipinski definition) is 1. The molecule has 0 unspecified atom stereocenters. The predicted molar refractivity (Wildman–Crippen MR) is 115 cm³/mol. The first-order valence-corrected chi connectivity index (χ1v) is 9.26. The summed E-state index contributed by atoms with van der Waals surface area (Å²) < 4.78 is 5.73. The predicted octanol–water partition coefficient (Wildman–Crippen LogP) is 5.71. The number of nitro groups is 1. The largest absolute Gasteiger partial charge is 0.436 e. The molecule has 4 aromatic rings. The molecular weight excluding hydrogens is 406 g/mol. The molecule has 1 N–H and O–H groups in total. The average Bonchev–Trinajstić information content (AvgIpc) is 3.16. The number of non-ortho nitro benzene ring substituents is 1. The highest BCUT2D eigenvalue weighted by molar-refractivity contribution is 6.31. The summed E-state index contributed by atoms with van der Waals surface area (Å²) in [5.74, 6) is 0.0986. The third kappa shape index (κ3) is 4.37. The van der Waals surface area contributed by atoms with Crippen LogP contribution in [0.2, 0.25) is 5.02 Å². The Morgan fingerprint density at radius 1 is 1.10 bits per heavy atom. The lowest BCUT2D eigenvalue weighted by Gasteiger charge is -2.03. The fourth-order valence-electron chi connectivity index (χ4n) is 2.82. The van der Waals surface area contributed by atoms with Crippen LogP contribution in [0.5, 0.6) is 0 Å². The van der Waals surface area contributed by atoms with Gasteiger partial charge in [-0.25, -0.2) is 4.98 Å². The second kappa shape index (κ2) is 8.18. The van der Waals surface area contributed by atoms with Gasteiger partial charge < -0.3 is 9.73 Å². The number of aromatic nitrogens is 1. The maximum atomic E-state index is 12.1. The highest BCUT2D eigenvalue weighted by atomic mass is 35.5. The molecule has 7 nitrogen and oxygen atoms in total. The van der Waals surface area contributed by atoms with E-state index in [1.165, 1.54) is 24.3 Å². The van der Waals surface area contributed by atoms with Crippen LogP contribution in [0.15, 0.2) is 77.2 Å². The second-order valence-electron chi connectivity index (χ2n) is 6.38. The number of carbonyl (C=O) groups excluding carboxylic acids is 1. The Hall–Kier alpha value is -3.97. The Bertz CT molecular complexity index is 1280. The van der Waals surface area contributed by atoms with Crippen LogP contribution in [0.25, 0.3) is 28.6 Å². The maximum Gasteiger partial charge on any atom is 0.270 e. The van der Waals surface area contributed by atoms with Gasteiger partial charge in [0, 0.05) is 34.5 Å². The van der Waals surface area contributed by atoms with Gasteiger partial charge in [-0.2, -0.15) is 0 Å². The molecule has 30 heavy (non-hydrogen) atoms. The summed E-state index contributed by atoms with van der Waals surface area (Å²) in [6, 6.07) is 18.3. The van der Waals surface area contributed by atoms with E-state index in [2.05, 4.69) is 10.3 Å². The molecule has 8 heteroatoms. The van der Waals surface area contributed by atoms with E-state index in [0.717, 1.165) is 5.56 Å². The van der Waals surface area contributed by atoms with Crippen LogP contribution in [-0.2, 0) is 4.79 Å². The minimum absolute atomic E-state index is 0.0328. The van der Waals surface area contributed by atoms with Crippen molar-refractivity contribution in [1.29, 1.82) is 0 Å². The first kappa shape index (κ1) is 19.4. The third-order valence-electron chi connectivity index (χ3n) is 4.26. The van der Waals surface area contributed by atoms with Crippen molar-refractivity contribution in [3.05, 3.63) is 93.5 Å². The summed E-state index contributed by atoms with van der Waals surface area (Å²) in [4.78, 5) is 26.9. The maximum absolute atomic E-state index is 12.1. The lowest BCUT2D eigenvalue weighted by atomic mass is 10.2. The lowest BCUT2D eigenvalue weighted by molar-refractivity contribution is -0.384. The van der Waals surface area contributed by atoms with Gasteiger partial charge in [-0.05, 0) is 54.1 Å². The highest BCUT2D eigenvalue weighted by Gasteiger charge is 2.09. The summed E-state index contributed by atoms with van der Waals surface area (Å²) in [6.45, 7) is 0. The Labute approximate surface area is 175 Å². The van der Waals surface area contributed by atoms with E-state index in [9.17, 15) is 14.9 Å². The number of oxazole rings is 1. The minimum atomic E-state index is -0.482. The zero-order chi connectivity index (χ0) is 21.1. The Kier molecular flexibility index (Phi) is 5.28. The average molecular weight is 420 g/mol. The van der Waals surface area contributed by atoms with Gasteiger partial charge in [0.15, 0.2) is 5.58 Å². The van der Waals surface area contributed by atoms with E-state index < -0.39 is 4.92 Å². The standard InChI is InChI=1S/C22H14ClN3O4/c23-16-7-10-20-19(13-16)25-22(30-20)15-5-8-17(9-6-15)24-21(27)11-4-14-2-1-3-18(12-14)26(28)29/h1-13H,(H,24,27)/b11-4+. The molecule has 0 saturated carbocycles. The first-order valence-electron chi connectivity index (χ1n) is 8.88. The molecule has 1 amide bonds. The molecule has 148 valence electrons. The summed E-state index contributed by atoms with van der Waals surface area (Å²) in [5.41, 5.74) is 3.18. The molecule has 1 heterocycles. The van der Waals surface area contributed by atoms with Crippen molar-refractivity contribution >= 4 is 46.1 Å². The van der Waals surface area contributed by atoms with Crippen LogP contribution in [0.1, 0.15) is 5.56 Å². The number of hydrogen-bond acceptors (Lipinski definition) is 5. The van der Waals surface area contributed by atoms with Crippen molar-refractivity contribution < 1.29 is 14.1 Å². The van der Waals surface area contributed by atoms with Crippen molar-refractivity contribution in [3.8, 4) is 11.5 Å². The van der Waals surface area contributed by atoms with Gasteiger partial charge in [0.05, 0.1) is 4.92 Å². The highest BCUT2D eigenvalue weighted by Crippen LogP contribution is 2.27. The fourth-order valence-corrected chi connectivity index (χ4v) is 2.98. The van der Waals surface area contributed by atoms with E-state index in [4.69, 9.17) is 16.0 Å². The zero-order valence-electron chi connectivity index (χ0n) is 15.4. The van der Waals surface area contributed by atoms with Crippen LogP contribution in [-0.4, -0.2) is 15.8 Å². The summed E-state index contributed by atoms with van der Waals surface area (Å²) in [5, 5.41) is 14.1. The lowest BCUT2D eigenvalue weighted by Crippen LogP contribution is -2.07. The van der Waals surface area contributed by atoms with E-state index >= 15 is 0 Å². The van der Waals surface area contributed by atoms with Gasteiger partial charge in [0.1, 0.15) is 5.52 Å². The zero-order valence-corrected chi connectivity index (χ0v) is 16.2. The van der Waals surface area contributed by atoms with Crippen molar-refractivity contribution in [2.45, 2.75) is 0 Å². The summed E-state index contributed by atoms with van der Waals surface area (Å²) in [6.07, 6.45) is 2.83. The molecule has 0 aliphatic rings. The van der Waals surface area contributed by atoms with Crippen molar-refractivity contribution in [3.63, 3.8) is 0 Å². The second-order valence-corrected chi connectivity index (χ2v) is 6.82. The normalized spacial score (nSPS) is 11.1. The molecule has 4 rings (SSSR count). The van der Waals surface area contributed by atoms with Gasteiger partial charge in [-0.3, -0.25) is 14.9 Å².